The zero-order valence-electron chi connectivity index (χ0n) is 5.74. The zero-order valence-corrected chi connectivity index (χ0v) is 6.56. The zero-order chi connectivity index (χ0) is 7.84. The fraction of sp³-hybridized carbons (Fsp3) is 0. The third-order valence-corrected chi connectivity index (χ3v) is 2.57. The molecule has 2 rings (SSSR count). The molecule has 3 heteroatoms. The van der Waals surface area contributed by atoms with Crippen LogP contribution >= 0.6 is 11.3 Å². The summed E-state index contributed by atoms with van der Waals surface area (Å²) in [5.41, 5.74) is 6.38. The van der Waals surface area contributed by atoms with E-state index in [1.807, 2.05) is 11.4 Å². The summed E-state index contributed by atoms with van der Waals surface area (Å²) in [6.45, 7) is 0. The fourth-order valence-electron chi connectivity index (χ4n) is 1.04. The maximum Gasteiger partial charge on any atom is 0.116 e. The minimum Gasteiger partial charge on any atom is -0.508 e. The first-order chi connectivity index (χ1) is 5.27. The van der Waals surface area contributed by atoms with Crippen molar-refractivity contribution in [1.29, 1.82) is 0 Å². The average molecular weight is 165 g/mol. The highest BCUT2D eigenvalue weighted by Gasteiger charge is 1.99. The second-order valence-electron chi connectivity index (χ2n) is 2.37. The Hall–Kier alpha value is -1.22. The summed E-state index contributed by atoms with van der Waals surface area (Å²) in [4.78, 5) is 0. The van der Waals surface area contributed by atoms with Crippen molar-refractivity contribution in [3.05, 3.63) is 23.6 Å². The number of aromatic hydroxyl groups is 1. The van der Waals surface area contributed by atoms with Crippen LogP contribution in [0, 0.1) is 0 Å². The number of rotatable bonds is 0. The number of thiophene rings is 1. The van der Waals surface area contributed by atoms with Gasteiger partial charge in [0.15, 0.2) is 0 Å². The quantitative estimate of drug-likeness (QED) is 0.628. The molecule has 0 unspecified atom stereocenters. The first-order valence-corrected chi connectivity index (χ1v) is 4.11. The van der Waals surface area contributed by atoms with E-state index in [4.69, 9.17) is 10.8 Å². The molecular weight excluding hydrogens is 158 g/mol. The average Bonchev–Trinajstić information content (AvgIpc) is 2.33. The van der Waals surface area contributed by atoms with Crippen molar-refractivity contribution in [3.63, 3.8) is 0 Å². The Morgan fingerprint density at radius 3 is 3.00 bits per heavy atom. The maximum absolute atomic E-state index is 9.12. The number of hydrogen-bond donors (Lipinski definition) is 2. The maximum atomic E-state index is 9.12. The van der Waals surface area contributed by atoms with Crippen LogP contribution < -0.4 is 5.73 Å². The van der Waals surface area contributed by atoms with Gasteiger partial charge in [0.05, 0.1) is 5.69 Å². The molecule has 2 nitrogen and oxygen atoms in total. The van der Waals surface area contributed by atoms with Crippen molar-refractivity contribution < 1.29 is 5.11 Å². The number of anilines is 1. The smallest absolute Gasteiger partial charge is 0.116 e. The third kappa shape index (κ3) is 0.935. The van der Waals surface area contributed by atoms with Gasteiger partial charge in [-0.15, -0.1) is 11.3 Å². The lowest BCUT2D eigenvalue weighted by atomic mass is 10.2. The van der Waals surface area contributed by atoms with Crippen LogP contribution in [0.15, 0.2) is 23.6 Å². The van der Waals surface area contributed by atoms with Gasteiger partial charge in [-0.05, 0) is 18.2 Å². The molecule has 56 valence electrons. The number of nitrogen functional groups attached to an aromatic ring is 1. The molecule has 3 N–H and O–H groups in total. The van der Waals surface area contributed by atoms with Crippen molar-refractivity contribution in [2.24, 2.45) is 0 Å². The van der Waals surface area contributed by atoms with E-state index in [1.54, 1.807) is 23.5 Å². The lowest BCUT2D eigenvalue weighted by Gasteiger charge is -1.92. The summed E-state index contributed by atoms with van der Waals surface area (Å²) in [6, 6.07) is 5.21. The van der Waals surface area contributed by atoms with Gasteiger partial charge >= 0.3 is 0 Å². The lowest BCUT2D eigenvalue weighted by Crippen LogP contribution is -1.79. The second-order valence-corrected chi connectivity index (χ2v) is 3.28. The number of nitrogens with two attached hydrogens (primary N) is 1. The van der Waals surface area contributed by atoms with E-state index >= 15 is 0 Å². The van der Waals surface area contributed by atoms with Crippen LogP contribution in [0.3, 0.4) is 0 Å². The normalized spacial score (nSPS) is 10.5. The Bertz CT molecular complexity index is 394. The van der Waals surface area contributed by atoms with E-state index < -0.39 is 0 Å². The largest absolute Gasteiger partial charge is 0.508 e. The van der Waals surface area contributed by atoms with E-state index in [2.05, 4.69) is 0 Å². The van der Waals surface area contributed by atoms with Gasteiger partial charge in [0.25, 0.3) is 0 Å². The molecule has 0 spiro atoms. The van der Waals surface area contributed by atoms with Crippen LogP contribution in [-0.4, -0.2) is 5.11 Å². The van der Waals surface area contributed by atoms with Gasteiger partial charge in [-0.1, -0.05) is 0 Å². The van der Waals surface area contributed by atoms with Gasteiger partial charge < -0.3 is 10.8 Å². The predicted molar refractivity (Wildman–Crippen MR) is 47.9 cm³/mol. The Morgan fingerprint density at radius 2 is 2.18 bits per heavy atom. The molecule has 0 aliphatic rings. The van der Waals surface area contributed by atoms with Gasteiger partial charge in [0.1, 0.15) is 5.75 Å². The molecule has 0 aliphatic heterocycles. The fourth-order valence-corrected chi connectivity index (χ4v) is 1.87. The van der Waals surface area contributed by atoms with Crippen LogP contribution in [0.1, 0.15) is 0 Å². The highest BCUT2D eigenvalue weighted by molar-refractivity contribution is 7.17. The summed E-state index contributed by atoms with van der Waals surface area (Å²) in [5.74, 6) is 0.266. The third-order valence-electron chi connectivity index (χ3n) is 1.59. The Kier molecular flexibility index (Phi) is 1.26. The summed E-state index contributed by atoms with van der Waals surface area (Å²) in [5, 5.41) is 11.9. The molecule has 11 heavy (non-hydrogen) atoms. The molecule has 0 fully saturated rings. The molecule has 0 saturated carbocycles. The minimum absolute atomic E-state index is 0.266. The van der Waals surface area contributed by atoms with Crippen molar-refractivity contribution >= 4 is 27.1 Å². The highest BCUT2D eigenvalue weighted by atomic mass is 32.1. The van der Waals surface area contributed by atoms with Crippen LogP contribution in [-0.2, 0) is 0 Å². The van der Waals surface area contributed by atoms with Crippen molar-refractivity contribution in [3.8, 4) is 5.75 Å². The number of hydrogen-bond acceptors (Lipinski definition) is 3. The Morgan fingerprint density at radius 1 is 1.36 bits per heavy atom. The molecule has 2 aromatic rings. The van der Waals surface area contributed by atoms with Gasteiger partial charge in [-0.25, -0.2) is 0 Å². The predicted octanol–water partition coefficient (Wildman–Crippen LogP) is 2.19. The minimum atomic E-state index is 0.266. The topological polar surface area (TPSA) is 46.2 Å². The highest BCUT2D eigenvalue weighted by Crippen LogP contribution is 2.30. The standard InChI is InChI=1S/C8H7NOS/c9-7-4-11-8-2-1-5(10)3-6(7)8/h1-4,10H,9H2. The van der Waals surface area contributed by atoms with Crippen LogP contribution in [0.2, 0.25) is 0 Å². The second kappa shape index (κ2) is 2.13. The first-order valence-electron chi connectivity index (χ1n) is 3.23. The van der Waals surface area contributed by atoms with E-state index in [0.717, 1.165) is 15.8 Å². The van der Waals surface area contributed by atoms with Crippen molar-refractivity contribution in [2.75, 3.05) is 5.73 Å². The molecular formula is C8H7NOS. The molecule has 0 radical (unpaired) electrons. The van der Waals surface area contributed by atoms with Crippen LogP contribution in [0.4, 0.5) is 5.69 Å². The summed E-state index contributed by atoms with van der Waals surface area (Å²) < 4.78 is 1.11. The molecule has 0 amide bonds. The SMILES string of the molecule is Nc1csc2ccc(O)cc12. The molecule has 0 aliphatic carbocycles. The molecule has 0 atom stereocenters. The number of phenols is 1. The van der Waals surface area contributed by atoms with Gasteiger partial charge in [-0.3, -0.25) is 0 Å². The van der Waals surface area contributed by atoms with Gasteiger partial charge in [0.2, 0.25) is 0 Å². The van der Waals surface area contributed by atoms with Crippen molar-refractivity contribution in [2.45, 2.75) is 0 Å². The molecule has 1 aromatic carbocycles. The van der Waals surface area contributed by atoms with Crippen molar-refractivity contribution in [1.82, 2.24) is 0 Å². The van der Waals surface area contributed by atoms with Crippen LogP contribution in [0.25, 0.3) is 10.1 Å². The number of fused-ring (bicyclic) bond motifs is 1. The Balaban J connectivity index is 2.87. The van der Waals surface area contributed by atoms with Gasteiger partial charge in [0, 0.05) is 15.5 Å². The van der Waals surface area contributed by atoms with E-state index in [-0.39, 0.29) is 5.75 Å². The monoisotopic (exact) mass is 165 g/mol. The molecule has 0 bridgehead atoms. The first kappa shape index (κ1) is 6.49. The lowest BCUT2D eigenvalue weighted by molar-refractivity contribution is 0.476. The number of phenolic OH excluding ortho intramolecular Hbond substituents is 1. The number of benzene rings is 1. The summed E-state index contributed by atoms with van der Waals surface area (Å²) >= 11 is 1.59. The molecule has 0 saturated heterocycles. The van der Waals surface area contributed by atoms with E-state index in [1.165, 1.54) is 0 Å². The van der Waals surface area contributed by atoms with Gasteiger partial charge in [-0.2, -0.15) is 0 Å². The summed E-state index contributed by atoms with van der Waals surface area (Å²) in [6.07, 6.45) is 0. The van der Waals surface area contributed by atoms with Crippen LogP contribution in [0.5, 0.6) is 5.75 Å². The summed E-state index contributed by atoms with van der Waals surface area (Å²) in [7, 11) is 0. The van der Waals surface area contributed by atoms with E-state index in [0.29, 0.717) is 0 Å². The van der Waals surface area contributed by atoms with E-state index in [9.17, 15) is 0 Å². The Labute approximate surface area is 67.9 Å². The molecule has 1 heterocycles. The molecule has 1 aromatic heterocycles.